The lowest BCUT2D eigenvalue weighted by atomic mass is 10.0. The molecule has 9 heteroatoms. The summed E-state index contributed by atoms with van der Waals surface area (Å²) in [6, 6.07) is 6.54. The summed E-state index contributed by atoms with van der Waals surface area (Å²) in [5, 5.41) is 3.59. The molecule has 0 unspecified atom stereocenters. The van der Waals surface area contributed by atoms with E-state index in [0.717, 1.165) is 29.4 Å². The number of ether oxygens (including phenoxy) is 1. The molecule has 1 aliphatic rings. The Hall–Kier alpha value is -2.55. The summed E-state index contributed by atoms with van der Waals surface area (Å²) in [5.41, 5.74) is 1.13. The average molecular weight is 550 g/mol. The number of rotatable bonds is 6. The van der Waals surface area contributed by atoms with Crippen molar-refractivity contribution < 1.29 is 23.5 Å². The Morgan fingerprint density at radius 2 is 1.91 bits per heavy atom. The van der Waals surface area contributed by atoms with Crippen LogP contribution < -0.4 is 5.32 Å². The first-order chi connectivity index (χ1) is 16.4. The number of para-hydroxylation sites is 1. The average Bonchev–Trinajstić information content (AvgIpc) is 3.34. The predicted octanol–water partition coefficient (Wildman–Crippen LogP) is 5.72. The molecule has 0 bridgehead atoms. The summed E-state index contributed by atoms with van der Waals surface area (Å²) < 4.78 is 11.8. The van der Waals surface area contributed by atoms with Gasteiger partial charge in [-0.25, -0.2) is 9.59 Å². The molecule has 1 aromatic heterocycles. The first-order valence-corrected chi connectivity index (χ1v) is 12.9. The third-order valence-corrected chi connectivity index (χ3v) is 6.50. The molecule has 2 aromatic rings. The number of nitrogens with zero attached hydrogens (tertiary/aromatic N) is 2. The number of amides is 4. The number of nitrogens with one attached hydrogen (secondary N) is 1. The number of urea groups is 1. The van der Waals surface area contributed by atoms with Gasteiger partial charge in [-0.3, -0.25) is 9.69 Å². The molecule has 8 nitrogen and oxygen atoms in total. The first-order valence-electron chi connectivity index (χ1n) is 12.1. The highest BCUT2D eigenvalue weighted by molar-refractivity contribution is 9.10. The molecular formula is C26H36BrN3O5. The lowest BCUT2D eigenvalue weighted by molar-refractivity contribution is -0.131. The van der Waals surface area contributed by atoms with Crippen molar-refractivity contribution in [2.75, 3.05) is 13.1 Å². The zero-order chi connectivity index (χ0) is 25.9. The molecule has 2 atom stereocenters. The van der Waals surface area contributed by atoms with E-state index in [1.165, 1.54) is 4.90 Å². The molecule has 35 heavy (non-hydrogen) atoms. The summed E-state index contributed by atoms with van der Waals surface area (Å²) in [6.07, 6.45) is 1.64. The van der Waals surface area contributed by atoms with Gasteiger partial charge in [0.25, 0.3) is 5.91 Å². The minimum absolute atomic E-state index is 0.0589. The largest absolute Gasteiger partial charge is 0.449 e. The predicted molar refractivity (Wildman–Crippen MR) is 138 cm³/mol. The molecule has 3 rings (SSSR count). The molecule has 0 aliphatic carbocycles. The summed E-state index contributed by atoms with van der Waals surface area (Å²) in [5.74, 6) is -0.375. The Morgan fingerprint density at radius 1 is 1.23 bits per heavy atom. The minimum Gasteiger partial charge on any atom is -0.449 e. The van der Waals surface area contributed by atoms with E-state index in [9.17, 15) is 14.4 Å². The van der Waals surface area contributed by atoms with Gasteiger partial charge < -0.3 is 19.4 Å². The van der Waals surface area contributed by atoms with E-state index in [0.29, 0.717) is 17.6 Å². The molecular weight excluding hydrogens is 514 g/mol. The van der Waals surface area contributed by atoms with E-state index in [1.54, 1.807) is 32.6 Å². The highest BCUT2D eigenvalue weighted by Gasteiger charge is 2.37. The maximum atomic E-state index is 13.7. The second kappa shape index (κ2) is 11.0. The monoisotopic (exact) mass is 549 g/mol. The van der Waals surface area contributed by atoms with Crippen LogP contribution in [-0.4, -0.2) is 58.6 Å². The lowest BCUT2D eigenvalue weighted by Gasteiger charge is -2.33. The van der Waals surface area contributed by atoms with E-state index in [4.69, 9.17) is 9.15 Å². The van der Waals surface area contributed by atoms with Crippen LogP contribution in [0.25, 0.3) is 11.0 Å². The van der Waals surface area contributed by atoms with Gasteiger partial charge in [0.2, 0.25) is 0 Å². The van der Waals surface area contributed by atoms with Gasteiger partial charge in [0.15, 0.2) is 4.67 Å². The van der Waals surface area contributed by atoms with Crippen LogP contribution in [0.1, 0.15) is 59.9 Å². The highest BCUT2D eigenvalue weighted by Crippen LogP contribution is 2.33. The molecule has 1 aliphatic heterocycles. The fourth-order valence-electron chi connectivity index (χ4n) is 4.36. The number of likely N-dealkylation sites (tertiary alicyclic amines) is 1. The van der Waals surface area contributed by atoms with Gasteiger partial charge in [0, 0.05) is 30.1 Å². The summed E-state index contributed by atoms with van der Waals surface area (Å²) in [6.45, 7) is 11.6. The Balaban J connectivity index is 1.77. The van der Waals surface area contributed by atoms with Crippen molar-refractivity contribution >= 4 is 44.9 Å². The van der Waals surface area contributed by atoms with Gasteiger partial charge in [0.05, 0.1) is 0 Å². The van der Waals surface area contributed by atoms with Gasteiger partial charge in [-0.05, 0) is 74.9 Å². The van der Waals surface area contributed by atoms with Crippen molar-refractivity contribution in [3.8, 4) is 0 Å². The smallest absolute Gasteiger partial charge is 0.408 e. The lowest BCUT2D eigenvalue weighted by Crippen LogP contribution is -2.55. The van der Waals surface area contributed by atoms with Crippen LogP contribution in [0.4, 0.5) is 9.59 Å². The van der Waals surface area contributed by atoms with Gasteiger partial charge in [0.1, 0.15) is 17.2 Å². The van der Waals surface area contributed by atoms with Crippen LogP contribution in [0.15, 0.2) is 33.4 Å². The first kappa shape index (κ1) is 27.0. The second-order valence-corrected chi connectivity index (χ2v) is 11.3. The van der Waals surface area contributed by atoms with Gasteiger partial charge in [-0.15, -0.1) is 0 Å². The molecule has 1 saturated heterocycles. The zero-order valence-electron chi connectivity index (χ0n) is 21.4. The van der Waals surface area contributed by atoms with Crippen LogP contribution in [0.3, 0.4) is 0 Å². The molecule has 1 fully saturated rings. The fraction of sp³-hybridized carbons (Fsp3) is 0.577. The molecule has 2 heterocycles. The van der Waals surface area contributed by atoms with Crippen LogP contribution in [0, 0.1) is 5.92 Å². The summed E-state index contributed by atoms with van der Waals surface area (Å²) in [7, 11) is 0. The minimum atomic E-state index is -0.902. The SMILES string of the molecule is CC(C)CN(C(=O)[C@H](C)NC(=O)OC(C)(C)C)C(=O)N1CCC[C@H]1Cc1c(Br)oc2ccccc12. The third kappa shape index (κ3) is 6.78. The van der Waals surface area contributed by atoms with Gasteiger partial charge in [-0.1, -0.05) is 32.0 Å². The molecule has 192 valence electrons. The van der Waals surface area contributed by atoms with Gasteiger partial charge in [-0.2, -0.15) is 0 Å². The Labute approximate surface area is 215 Å². The zero-order valence-corrected chi connectivity index (χ0v) is 23.0. The molecule has 0 saturated carbocycles. The molecule has 0 spiro atoms. The third-order valence-electron chi connectivity index (χ3n) is 5.86. The van der Waals surface area contributed by atoms with Crippen LogP contribution >= 0.6 is 15.9 Å². The number of halogens is 1. The second-order valence-electron chi connectivity index (χ2n) is 10.5. The molecule has 1 aromatic carbocycles. The molecule has 1 N–H and O–H groups in total. The van der Waals surface area contributed by atoms with Crippen LogP contribution in [-0.2, 0) is 16.0 Å². The van der Waals surface area contributed by atoms with Crippen molar-refractivity contribution in [3.05, 3.63) is 34.5 Å². The van der Waals surface area contributed by atoms with Gasteiger partial charge >= 0.3 is 12.1 Å². The van der Waals surface area contributed by atoms with Crippen molar-refractivity contribution in [1.29, 1.82) is 0 Å². The van der Waals surface area contributed by atoms with Crippen molar-refractivity contribution in [2.24, 2.45) is 5.92 Å². The van der Waals surface area contributed by atoms with Crippen molar-refractivity contribution in [2.45, 2.75) is 78.5 Å². The Morgan fingerprint density at radius 3 is 2.57 bits per heavy atom. The Bertz CT molecular complexity index is 1070. The maximum Gasteiger partial charge on any atom is 0.408 e. The van der Waals surface area contributed by atoms with Crippen molar-refractivity contribution in [1.82, 2.24) is 15.1 Å². The topological polar surface area (TPSA) is 92.1 Å². The number of benzene rings is 1. The quantitative estimate of drug-likeness (QED) is 0.497. The number of hydrogen-bond donors (Lipinski definition) is 1. The molecule has 4 amide bonds. The number of fused-ring (bicyclic) bond motifs is 1. The standard InChI is InChI=1S/C26H36BrN3O5/c1-16(2)15-30(23(31)17(3)28-24(32)35-26(4,5)6)25(33)29-13-9-10-18(29)14-20-19-11-7-8-12-21(19)34-22(20)27/h7-8,11-12,16-18H,9-10,13-15H2,1-6H3,(H,28,32)/t17-,18-/m0/s1. The van der Waals surface area contributed by atoms with E-state index in [2.05, 4.69) is 21.2 Å². The maximum absolute atomic E-state index is 13.7. The summed E-state index contributed by atoms with van der Waals surface area (Å²) in [4.78, 5) is 42.3. The van der Waals surface area contributed by atoms with Crippen molar-refractivity contribution in [3.63, 3.8) is 0 Å². The highest BCUT2D eigenvalue weighted by atomic mass is 79.9. The fourth-order valence-corrected chi connectivity index (χ4v) is 4.91. The number of carbonyl (C=O) groups is 3. The van der Waals surface area contributed by atoms with E-state index in [-0.39, 0.29) is 24.5 Å². The van der Waals surface area contributed by atoms with Crippen LogP contribution in [0.5, 0.6) is 0 Å². The summed E-state index contributed by atoms with van der Waals surface area (Å²) >= 11 is 3.53. The van der Waals surface area contributed by atoms with E-state index < -0.39 is 23.6 Å². The number of furan rings is 1. The Kier molecular flexibility index (Phi) is 8.51. The normalized spacial score (nSPS) is 17.0. The van der Waals surface area contributed by atoms with E-state index >= 15 is 0 Å². The van der Waals surface area contributed by atoms with Crippen LogP contribution in [0.2, 0.25) is 0 Å². The number of alkyl carbamates (subject to hydrolysis) is 1. The number of carbonyl (C=O) groups excluding carboxylic acids is 3. The number of imide groups is 1. The van der Waals surface area contributed by atoms with E-state index in [1.807, 2.05) is 38.1 Å². The molecule has 0 radical (unpaired) electrons. The number of hydrogen-bond acceptors (Lipinski definition) is 5.